The van der Waals surface area contributed by atoms with Gasteiger partial charge in [0.15, 0.2) is 0 Å². The number of aromatic amines is 1. The lowest BCUT2D eigenvalue weighted by Crippen LogP contribution is -2.41. The van der Waals surface area contributed by atoms with E-state index in [9.17, 15) is 4.79 Å². The zero-order valence-corrected chi connectivity index (χ0v) is 10.8. The van der Waals surface area contributed by atoms with E-state index in [0.29, 0.717) is 0 Å². The van der Waals surface area contributed by atoms with Crippen molar-refractivity contribution >= 4 is 16.8 Å². The molecule has 18 heavy (non-hydrogen) atoms. The second kappa shape index (κ2) is 3.61. The summed E-state index contributed by atoms with van der Waals surface area (Å²) in [6.07, 6.45) is 2.89. The van der Waals surface area contributed by atoms with Crippen molar-refractivity contribution in [2.45, 2.75) is 38.5 Å². The van der Waals surface area contributed by atoms with Gasteiger partial charge in [0.05, 0.1) is 5.41 Å². The van der Waals surface area contributed by atoms with Crippen LogP contribution >= 0.6 is 0 Å². The molecule has 1 heterocycles. The van der Waals surface area contributed by atoms with Crippen LogP contribution in [0.15, 0.2) is 18.2 Å². The van der Waals surface area contributed by atoms with Gasteiger partial charge in [-0.1, -0.05) is 11.6 Å². The van der Waals surface area contributed by atoms with E-state index < -0.39 is 5.41 Å². The van der Waals surface area contributed by atoms with Crippen molar-refractivity contribution in [1.29, 1.82) is 0 Å². The predicted octanol–water partition coefficient (Wildman–Crippen LogP) is 2.56. The summed E-state index contributed by atoms with van der Waals surface area (Å²) in [6, 6.07) is 6.37. The highest BCUT2D eigenvalue weighted by atomic mass is 16.1. The van der Waals surface area contributed by atoms with E-state index in [1.54, 1.807) is 0 Å². The van der Waals surface area contributed by atoms with Crippen LogP contribution in [0.2, 0.25) is 0 Å². The number of aromatic nitrogens is 1. The lowest BCUT2D eigenvalue weighted by molar-refractivity contribution is -0.123. The third-order valence-corrected chi connectivity index (χ3v) is 4.26. The molecule has 0 radical (unpaired) electrons. The van der Waals surface area contributed by atoms with E-state index in [0.717, 1.165) is 30.5 Å². The molecule has 3 nitrogen and oxygen atoms in total. The maximum absolute atomic E-state index is 11.8. The molecule has 3 rings (SSSR count). The van der Waals surface area contributed by atoms with Crippen molar-refractivity contribution < 1.29 is 4.79 Å². The summed E-state index contributed by atoms with van der Waals surface area (Å²) < 4.78 is 0. The Hall–Kier alpha value is -1.77. The first kappa shape index (κ1) is 11.3. The van der Waals surface area contributed by atoms with Crippen molar-refractivity contribution in [2.24, 2.45) is 5.73 Å². The van der Waals surface area contributed by atoms with E-state index in [1.807, 2.05) is 6.92 Å². The van der Waals surface area contributed by atoms with Crippen LogP contribution in [0.3, 0.4) is 0 Å². The molecule has 0 saturated heterocycles. The van der Waals surface area contributed by atoms with Gasteiger partial charge in [-0.05, 0) is 50.8 Å². The molecule has 0 spiro atoms. The van der Waals surface area contributed by atoms with Crippen molar-refractivity contribution in [3.8, 4) is 0 Å². The van der Waals surface area contributed by atoms with Crippen molar-refractivity contribution in [3.05, 3.63) is 35.0 Å². The number of amides is 1. The fourth-order valence-corrected chi connectivity index (χ4v) is 3.08. The molecule has 1 aliphatic rings. The van der Waals surface area contributed by atoms with Gasteiger partial charge >= 0.3 is 0 Å². The molecule has 0 bridgehead atoms. The summed E-state index contributed by atoms with van der Waals surface area (Å²) in [5, 5.41) is 1.25. The lowest BCUT2D eigenvalue weighted by atomic mass is 9.74. The first-order valence-electron chi connectivity index (χ1n) is 6.44. The van der Waals surface area contributed by atoms with Crippen LogP contribution in [0.5, 0.6) is 0 Å². The van der Waals surface area contributed by atoms with Gasteiger partial charge in [-0.3, -0.25) is 4.79 Å². The maximum Gasteiger partial charge on any atom is 0.229 e. The third kappa shape index (κ3) is 1.40. The molecule has 94 valence electrons. The maximum atomic E-state index is 11.8. The second-order valence-electron chi connectivity index (χ2n) is 5.58. The Labute approximate surface area is 106 Å². The molecular weight excluding hydrogens is 224 g/mol. The van der Waals surface area contributed by atoms with Gasteiger partial charge in [0.2, 0.25) is 5.91 Å². The molecule has 1 aliphatic carbocycles. The fraction of sp³-hybridized carbons (Fsp3) is 0.400. The second-order valence-corrected chi connectivity index (χ2v) is 5.58. The molecule has 3 N–H and O–H groups in total. The Morgan fingerprint density at radius 1 is 1.44 bits per heavy atom. The molecule has 3 heteroatoms. The largest absolute Gasteiger partial charge is 0.369 e. The molecule has 0 saturated carbocycles. The molecule has 1 aromatic carbocycles. The molecule has 0 fully saturated rings. The van der Waals surface area contributed by atoms with Gasteiger partial charge in [0.1, 0.15) is 0 Å². The number of H-pyrrole nitrogens is 1. The number of hydrogen-bond donors (Lipinski definition) is 2. The minimum absolute atomic E-state index is 0.230. The highest BCUT2D eigenvalue weighted by Crippen LogP contribution is 2.40. The number of benzene rings is 1. The standard InChI is InChI=1S/C15H18N2O/c1-9-5-6-12-11(8-9)10-4-3-7-15(2,14(16)18)13(10)17-12/h5-6,8,17H,3-4,7H2,1-2H3,(H2,16,18)/t15-/m1/s1. The first-order chi connectivity index (χ1) is 8.52. The summed E-state index contributed by atoms with van der Waals surface area (Å²) in [4.78, 5) is 15.2. The predicted molar refractivity (Wildman–Crippen MR) is 72.5 cm³/mol. The molecule has 1 aromatic heterocycles. The molecule has 0 unspecified atom stereocenters. The zero-order valence-electron chi connectivity index (χ0n) is 10.8. The van der Waals surface area contributed by atoms with E-state index in [2.05, 4.69) is 30.1 Å². The Morgan fingerprint density at radius 2 is 2.22 bits per heavy atom. The minimum Gasteiger partial charge on any atom is -0.369 e. The number of hydrogen-bond acceptors (Lipinski definition) is 1. The van der Waals surface area contributed by atoms with Crippen molar-refractivity contribution in [1.82, 2.24) is 4.98 Å². The number of primary amides is 1. The van der Waals surface area contributed by atoms with Gasteiger partial charge < -0.3 is 10.7 Å². The van der Waals surface area contributed by atoms with Gasteiger partial charge in [-0.2, -0.15) is 0 Å². The normalized spacial score (nSPS) is 23.0. The van der Waals surface area contributed by atoms with Crippen LogP contribution in [-0.4, -0.2) is 10.9 Å². The molecule has 1 atom stereocenters. The van der Waals surface area contributed by atoms with E-state index in [1.165, 1.54) is 16.5 Å². The summed E-state index contributed by atoms with van der Waals surface area (Å²) in [5.41, 5.74) is 9.73. The van der Waals surface area contributed by atoms with Crippen LogP contribution < -0.4 is 5.73 Å². The zero-order chi connectivity index (χ0) is 12.9. The van der Waals surface area contributed by atoms with Gasteiger partial charge in [0.25, 0.3) is 0 Å². The number of nitrogens with one attached hydrogen (secondary N) is 1. The molecule has 1 amide bonds. The Balaban J connectivity index is 2.31. The van der Waals surface area contributed by atoms with Crippen LogP contribution in [0.25, 0.3) is 10.9 Å². The number of rotatable bonds is 1. The third-order valence-electron chi connectivity index (χ3n) is 4.26. The SMILES string of the molecule is Cc1ccc2[nH]c3c(c2c1)CCC[C@@]3(C)C(N)=O. The molecule has 0 aliphatic heterocycles. The summed E-state index contributed by atoms with van der Waals surface area (Å²) in [7, 11) is 0. The highest BCUT2D eigenvalue weighted by Gasteiger charge is 2.39. The van der Waals surface area contributed by atoms with Crippen LogP contribution in [0, 0.1) is 6.92 Å². The van der Waals surface area contributed by atoms with Crippen molar-refractivity contribution in [3.63, 3.8) is 0 Å². The summed E-state index contributed by atoms with van der Waals surface area (Å²) >= 11 is 0. The Kier molecular flexibility index (Phi) is 2.27. The van der Waals surface area contributed by atoms with E-state index in [-0.39, 0.29) is 5.91 Å². The van der Waals surface area contributed by atoms with Crippen LogP contribution in [0.4, 0.5) is 0 Å². The fourth-order valence-electron chi connectivity index (χ4n) is 3.08. The summed E-state index contributed by atoms with van der Waals surface area (Å²) in [5.74, 6) is -0.230. The van der Waals surface area contributed by atoms with E-state index >= 15 is 0 Å². The minimum atomic E-state index is -0.541. The topological polar surface area (TPSA) is 58.9 Å². The average molecular weight is 242 g/mol. The quantitative estimate of drug-likeness (QED) is 0.793. The molecular formula is C15H18N2O. The first-order valence-corrected chi connectivity index (χ1v) is 6.44. The number of nitrogens with two attached hydrogens (primary N) is 1. The van der Waals surface area contributed by atoms with Crippen LogP contribution in [-0.2, 0) is 16.6 Å². The monoisotopic (exact) mass is 242 g/mol. The van der Waals surface area contributed by atoms with Crippen LogP contribution in [0.1, 0.15) is 36.6 Å². The Bertz CT molecular complexity index is 641. The summed E-state index contributed by atoms with van der Waals surface area (Å²) in [6.45, 7) is 4.05. The average Bonchev–Trinajstić information content (AvgIpc) is 2.69. The number of aryl methyl sites for hydroxylation is 2. The Morgan fingerprint density at radius 3 is 2.94 bits per heavy atom. The van der Waals surface area contributed by atoms with E-state index in [4.69, 9.17) is 5.73 Å². The lowest BCUT2D eigenvalue weighted by Gasteiger charge is -2.30. The smallest absolute Gasteiger partial charge is 0.229 e. The van der Waals surface area contributed by atoms with Gasteiger partial charge in [0, 0.05) is 16.6 Å². The highest BCUT2D eigenvalue weighted by molar-refractivity contribution is 5.92. The number of carbonyl (C=O) groups is 1. The number of carbonyl (C=O) groups excluding carboxylic acids is 1. The van der Waals surface area contributed by atoms with Crippen molar-refractivity contribution in [2.75, 3.05) is 0 Å². The molecule has 2 aromatic rings. The van der Waals surface area contributed by atoms with Gasteiger partial charge in [-0.15, -0.1) is 0 Å². The van der Waals surface area contributed by atoms with Gasteiger partial charge in [-0.25, -0.2) is 0 Å². The number of fused-ring (bicyclic) bond motifs is 3.